The van der Waals surface area contributed by atoms with Gasteiger partial charge in [-0.2, -0.15) is 25.8 Å². The van der Waals surface area contributed by atoms with Crippen LogP contribution in [0.15, 0.2) is 23.4 Å². The van der Waals surface area contributed by atoms with Crippen LogP contribution in [0.25, 0.3) is 0 Å². The Balaban J connectivity index is 1.96. The Kier molecular flexibility index (Phi) is 5.25. The molecule has 1 aliphatic rings. The second-order valence-electron chi connectivity index (χ2n) is 4.94. The fourth-order valence-electron chi connectivity index (χ4n) is 2.01. The zero-order chi connectivity index (χ0) is 14.6. The Morgan fingerprint density at radius 3 is 2.50 bits per heavy atom. The molecule has 0 aliphatic carbocycles. The molecule has 0 radical (unpaired) electrons. The maximum absolute atomic E-state index is 12.4. The Bertz CT molecular complexity index is 430. The number of pyridine rings is 1. The lowest BCUT2D eigenvalue weighted by molar-refractivity contribution is -0.137. The van der Waals surface area contributed by atoms with Gasteiger partial charge in [-0.3, -0.25) is 0 Å². The summed E-state index contributed by atoms with van der Waals surface area (Å²) in [4.78, 5) is 3.88. The molecule has 112 valence electrons. The highest BCUT2D eigenvalue weighted by molar-refractivity contribution is 7.99. The SMILES string of the molecule is FC(F)(F)c1ccc(SCC2(CS)CCOCC2)nc1. The fraction of sp³-hybridized carbons (Fsp3) is 0.615. The van der Waals surface area contributed by atoms with E-state index >= 15 is 0 Å². The average molecular weight is 323 g/mol. The monoisotopic (exact) mass is 323 g/mol. The van der Waals surface area contributed by atoms with Crippen LogP contribution in [0.5, 0.6) is 0 Å². The zero-order valence-corrected chi connectivity index (χ0v) is 12.5. The predicted octanol–water partition coefficient (Wildman–Crippen LogP) is 3.92. The summed E-state index contributed by atoms with van der Waals surface area (Å²) in [6, 6.07) is 2.51. The molecule has 0 spiro atoms. The van der Waals surface area contributed by atoms with Gasteiger partial charge >= 0.3 is 6.18 Å². The first-order chi connectivity index (χ1) is 9.45. The largest absolute Gasteiger partial charge is 0.417 e. The highest BCUT2D eigenvalue weighted by Gasteiger charge is 2.32. The Labute approximate surface area is 125 Å². The van der Waals surface area contributed by atoms with Crippen LogP contribution in [0, 0.1) is 5.41 Å². The molecule has 7 heteroatoms. The second-order valence-corrected chi connectivity index (χ2v) is 6.25. The summed E-state index contributed by atoms with van der Waals surface area (Å²) in [5.74, 6) is 1.56. The summed E-state index contributed by atoms with van der Waals surface area (Å²) < 4.78 is 42.7. The van der Waals surface area contributed by atoms with Crippen LogP contribution in [0.3, 0.4) is 0 Å². The second kappa shape index (κ2) is 6.58. The molecule has 20 heavy (non-hydrogen) atoms. The molecule has 0 bridgehead atoms. The van der Waals surface area contributed by atoms with Gasteiger partial charge in [0.25, 0.3) is 0 Å². The lowest BCUT2D eigenvalue weighted by Gasteiger charge is -2.35. The van der Waals surface area contributed by atoms with E-state index in [1.807, 2.05) is 0 Å². The third kappa shape index (κ3) is 4.05. The van der Waals surface area contributed by atoms with E-state index in [9.17, 15) is 13.2 Å². The predicted molar refractivity (Wildman–Crippen MR) is 76.3 cm³/mol. The van der Waals surface area contributed by atoms with Crippen molar-refractivity contribution in [3.8, 4) is 0 Å². The third-order valence-corrected chi connectivity index (χ3v) is 5.44. The summed E-state index contributed by atoms with van der Waals surface area (Å²) in [5, 5.41) is 0.616. The minimum Gasteiger partial charge on any atom is -0.381 e. The highest BCUT2D eigenvalue weighted by Crippen LogP contribution is 2.37. The number of alkyl halides is 3. The van der Waals surface area contributed by atoms with Crippen molar-refractivity contribution in [2.24, 2.45) is 5.41 Å². The van der Waals surface area contributed by atoms with Gasteiger partial charge in [0.05, 0.1) is 10.6 Å². The van der Waals surface area contributed by atoms with E-state index < -0.39 is 11.7 Å². The van der Waals surface area contributed by atoms with Crippen LogP contribution >= 0.6 is 24.4 Å². The Hall–Kier alpha value is -0.400. The first kappa shape index (κ1) is 16.0. The summed E-state index contributed by atoms with van der Waals surface area (Å²) in [7, 11) is 0. The maximum Gasteiger partial charge on any atom is 0.417 e. The van der Waals surface area contributed by atoms with Gasteiger partial charge < -0.3 is 4.74 Å². The smallest absolute Gasteiger partial charge is 0.381 e. The standard InChI is InChI=1S/C13H16F3NOS2/c14-13(15,16)10-1-2-11(17-7-10)20-9-12(8-19)3-5-18-6-4-12/h1-2,7,19H,3-6,8-9H2. The molecule has 0 amide bonds. The number of hydrogen-bond acceptors (Lipinski definition) is 4. The van der Waals surface area contributed by atoms with E-state index in [-0.39, 0.29) is 5.41 Å². The van der Waals surface area contributed by atoms with Gasteiger partial charge in [0.2, 0.25) is 0 Å². The number of ether oxygens (including phenoxy) is 1. The van der Waals surface area contributed by atoms with Crippen molar-refractivity contribution in [3.63, 3.8) is 0 Å². The van der Waals surface area contributed by atoms with E-state index in [1.54, 1.807) is 0 Å². The van der Waals surface area contributed by atoms with Crippen LogP contribution in [0.1, 0.15) is 18.4 Å². The normalized spacial score (nSPS) is 19.0. The van der Waals surface area contributed by atoms with Crippen molar-refractivity contribution in [1.29, 1.82) is 0 Å². The van der Waals surface area contributed by atoms with Gasteiger partial charge in [0.1, 0.15) is 0 Å². The molecule has 2 heterocycles. The van der Waals surface area contributed by atoms with Crippen LogP contribution in [0.2, 0.25) is 0 Å². The first-order valence-electron chi connectivity index (χ1n) is 6.30. The van der Waals surface area contributed by atoms with Crippen LogP contribution < -0.4 is 0 Å². The van der Waals surface area contributed by atoms with Crippen LogP contribution in [-0.2, 0) is 10.9 Å². The van der Waals surface area contributed by atoms with E-state index in [0.29, 0.717) is 5.03 Å². The highest BCUT2D eigenvalue weighted by atomic mass is 32.2. The Morgan fingerprint density at radius 1 is 1.30 bits per heavy atom. The molecular formula is C13H16F3NOS2. The van der Waals surface area contributed by atoms with E-state index in [2.05, 4.69) is 17.6 Å². The van der Waals surface area contributed by atoms with Gasteiger partial charge in [0.15, 0.2) is 0 Å². The van der Waals surface area contributed by atoms with Crippen molar-refractivity contribution in [2.45, 2.75) is 24.0 Å². The van der Waals surface area contributed by atoms with Crippen molar-refractivity contribution in [1.82, 2.24) is 4.98 Å². The molecule has 0 N–H and O–H groups in total. The van der Waals surface area contributed by atoms with Gasteiger partial charge in [-0.15, -0.1) is 11.8 Å². The minimum atomic E-state index is -4.33. The molecule has 0 aromatic carbocycles. The Morgan fingerprint density at radius 2 is 2.00 bits per heavy atom. The number of thiol groups is 1. The zero-order valence-electron chi connectivity index (χ0n) is 10.8. The van der Waals surface area contributed by atoms with Crippen molar-refractivity contribution >= 4 is 24.4 Å². The molecular weight excluding hydrogens is 307 g/mol. The van der Waals surface area contributed by atoms with Crippen LogP contribution in [-0.4, -0.2) is 29.7 Å². The van der Waals surface area contributed by atoms with E-state index in [4.69, 9.17) is 4.74 Å². The molecule has 2 rings (SSSR count). The summed E-state index contributed by atoms with van der Waals surface area (Å²) in [5.41, 5.74) is -0.618. The van der Waals surface area contributed by atoms with Gasteiger partial charge in [0, 0.05) is 25.2 Å². The van der Waals surface area contributed by atoms with Gasteiger partial charge in [-0.25, -0.2) is 4.98 Å². The maximum atomic E-state index is 12.4. The van der Waals surface area contributed by atoms with Gasteiger partial charge in [-0.05, 0) is 36.1 Å². The van der Waals surface area contributed by atoms with Crippen molar-refractivity contribution in [3.05, 3.63) is 23.9 Å². The number of halogens is 3. The minimum absolute atomic E-state index is 0.0937. The van der Waals surface area contributed by atoms with E-state index in [0.717, 1.165) is 49.8 Å². The number of thioether (sulfide) groups is 1. The summed E-state index contributed by atoms with van der Waals surface area (Å²) in [6.45, 7) is 1.45. The number of rotatable bonds is 4. The molecule has 1 saturated heterocycles. The number of hydrogen-bond donors (Lipinski definition) is 1. The quantitative estimate of drug-likeness (QED) is 0.671. The summed E-state index contributed by atoms with van der Waals surface area (Å²) in [6.07, 6.45) is -1.57. The van der Waals surface area contributed by atoms with Crippen LogP contribution in [0.4, 0.5) is 13.2 Å². The average Bonchev–Trinajstić information content (AvgIpc) is 2.46. The van der Waals surface area contributed by atoms with Crippen molar-refractivity contribution in [2.75, 3.05) is 24.7 Å². The molecule has 2 nitrogen and oxygen atoms in total. The molecule has 1 aliphatic heterocycles. The molecule has 0 atom stereocenters. The molecule has 0 unspecified atom stereocenters. The summed E-state index contributed by atoms with van der Waals surface area (Å²) >= 11 is 5.90. The molecule has 1 fully saturated rings. The van der Waals surface area contributed by atoms with Gasteiger partial charge in [-0.1, -0.05) is 0 Å². The number of nitrogens with zero attached hydrogens (tertiary/aromatic N) is 1. The lowest BCUT2D eigenvalue weighted by atomic mass is 9.84. The first-order valence-corrected chi connectivity index (χ1v) is 7.92. The lowest BCUT2D eigenvalue weighted by Crippen LogP contribution is -2.33. The topological polar surface area (TPSA) is 22.1 Å². The van der Waals surface area contributed by atoms with Crippen molar-refractivity contribution < 1.29 is 17.9 Å². The van der Waals surface area contributed by atoms with E-state index in [1.165, 1.54) is 17.8 Å². The molecule has 1 aromatic rings. The molecule has 1 aromatic heterocycles. The fourth-order valence-corrected chi connectivity index (χ4v) is 3.73. The third-order valence-electron chi connectivity index (χ3n) is 3.48. The number of aromatic nitrogens is 1. The molecule has 0 saturated carbocycles.